The molecule has 2 rings (SSSR count). The highest BCUT2D eigenvalue weighted by Crippen LogP contribution is 2.09. The Kier molecular flexibility index (Phi) is 3.52. The summed E-state index contributed by atoms with van der Waals surface area (Å²) in [5.41, 5.74) is 1.19. The van der Waals surface area contributed by atoms with Gasteiger partial charge in [0.1, 0.15) is 0 Å². The minimum absolute atomic E-state index is 0.290. The maximum Gasteiger partial charge on any atom is 0.253 e. The van der Waals surface area contributed by atoms with E-state index in [0.29, 0.717) is 11.1 Å². The molecule has 1 unspecified atom stereocenters. The van der Waals surface area contributed by atoms with Crippen molar-refractivity contribution < 1.29 is 9.90 Å². The maximum atomic E-state index is 11.8. The Morgan fingerprint density at radius 1 is 0.941 bits per heavy atom. The van der Waals surface area contributed by atoms with Crippen LogP contribution in [0.25, 0.3) is 0 Å². The molecule has 17 heavy (non-hydrogen) atoms. The quantitative estimate of drug-likeness (QED) is 0.789. The lowest BCUT2D eigenvalue weighted by Crippen LogP contribution is -2.28. The predicted octanol–water partition coefficient (Wildman–Crippen LogP) is 2.11. The number of carbonyl (C=O) groups is 1. The summed E-state index contributed by atoms with van der Waals surface area (Å²) < 4.78 is 0. The molecule has 3 heteroatoms. The van der Waals surface area contributed by atoms with E-state index in [4.69, 9.17) is 0 Å². The van der Waals surface area contributed by atoms with Gasteiger partial charge in [-0.1, -0.05) is 48.5 Å². The number of benzene rings is 2. The fraction of sp³-hybridized carbons (Fsp3) is 0.0714. The highest BCUT2D eigenvalue weighted by molar-refractivity contribution is 5.94. The van der Waals surface area contributed by atoms with E-state index in [0.717, 1.165) is 0 Å². The molecule has 0 spiro atoms. The molecule has 86 valence electrons. The van der Waals surface area contributed by atoms with E-state index < -0.39 is 6.23 Å². The fourth-order valence-electron chi connectivity index (χ4n) is 1.52. The molecule has 2 aromatic rings. The van der Waals surface area contributed by atoms with Gasteiger partial charge in [-0.25, -0.2) is 0 Å². The molecule has 2 aromatic carbocycles. The second-order valence-corrected chi connectivity index (χ2v) is 3.65. The highest BCUT2D eigenvalue weighted by atomic mass is 16.3. The molecular weight excluding hydrogens is 214 g/mol. The Balaban J connectivity index is 2.05. The van der Waals surface area contributed by atoms with Crippen LogP contribution < -0.4 is 5.32 Å². The Hall–Kier alpha value is -2.13. The molecular formula is C14H13NO2. The Bertz CT molecular complexity index is 482. The van der Waals surface area contributed by atoms with E-state index in [-0.39, 0.29) is 5.91 Å². The van der Waals surface area contributed by atoms with Gasteiger partial charge in [0.05, 0.1) is 0 Å². The Morgan fingerprint density at radius 3 is 2.06 bits per heavy atom. The smallest absolute Gasteiger partial charge is 0.253 e. The van der Waals surface area contributed by atoms with Gasteiger partial charge >= 0.3 is 0 Å². The summed E-state index contributed by atoms with van der Waals surface area (Å²) in [6.45, 7) is 0. The first kappa shape index (κ1) is 11.4. The van der Waals surface area contributed by atoms with Crippen LogP contribution >= 0.6 is 0 Å². The first-order valence-corrected chi connectivity index (χ1v) is 5.36. The van der Waals surface area contributed by atoms with Crippen molar-refractivity contribution in [2.24, 2.45) is 0 Å². The maximum absolute atomic E-state index is 11.8. The van der Waals surface area contributed by atoms with Crippen molar-refractivity contribution in [1.82, 2.24) is 5.32 Å². The number of aliphatic hydroxyl groups is 1. The molecule has 0 aliphatic rings. The van der Waals surface area contributed by atoms with E-state index in [1.54, 1.807) is 36.4 Å². The van der Waals surface area contributed by atoms with Crippen molar-refractivity contribution in [2.45, 2.75) is 6.23 Å². The molecule has 0 saturated heterocycles. The van der Waals surface area contributed by atoms with Crippen LogP contribution in [0, 0.1) is 0 Å². The average Bonchev–Trinajstić information content (AvgIpc) is 2.40. The lowest BCUT2D eigenvalue weighted by molar-refractivity contribution is 0.0783. The van der Waals surface area contributed by atoms with E-state index >= 15 is 0 Å². The van der Waals surface area contributed by atoms with Gasteiger partial charge in [-0.3, -0.25) is 4.79 Å². The van der Waals surface area contributed by atoms with E-state index in [1.807, 2.05) is 24.3 Å². The van der Waals surface area contributed by atoms with E-state index in [1.165, 1.54) is 0 Å². The van der Waals surface area contributed by atoms with Crippen molar-refractivity contribution in [1.29, 1.82) is 0 Å². The number of hydrogen-bond donors (Lipinski definition) is 2. The summed E-state index contributed by atoms with van der Waals surface area (Å²) in [5.74, 6) is -0.290. The van der Waals surface area contributed by atoms with Gasteiger partial charge < -0.3 is 10.4 Å². The lowest BCUT2D eigenvalue weighted by Gasteiger charge is -2.12. The van der Waals surface area contributed by atoms with Crippen LogP contribution in [-0.4, -0.2) is 11.0 Å². The van der Waals surface area contributed by atoms with Gasteiger partial charge in [0, 0.05) is 11.1 Å². The second-order valence-electron chi connectivity index (χ2n) is 3.65. The number of amides is 1. The average molecular weight is 227 g/mol. The van der Waals surface area contributed by atoms with Gasteiger partial charge in [-0.05, 0) is 12.1 Å². The molecule has 0 aliphatic carbocycles. The van der Waals surface area contributed by atoms with Crippen LogP contribution in [0.3, 0.4) is 0 Å². The molecule has 0 bridgehead atoms. The Labute approximate surface area is 99.7 Å². The minimum Gasteiger partial charge on any atom is -0.369 e. The lowest BCUT2D eigenvalue weighted by atomic mass is 10.1. The molecule has 3 nitrogen and oxygen atoms in total. The SMILES string of the molecule is O=C(NC(O)c1ccccc1)c1ccccc1. The minimum atomic E-state index is -0.982. The van der Waals surface area contributed by atoms with Crippen molar-refractivity contribution in [3.8, 4) is 0 Å². The Morgan fingerprint density at radius 2 is 1.47 bits per heavy atom. The van der Waals surface area contributed by atoms with Crippen molar-refractivity contribution >= 4 is 5.91 Å². The highest BCUT2D eigenvalue weighted by Gasteiger charge is 2.11. The molecule has 0 fully saturated rings. The largest absolute Gasteiger partial charge is 0.369 e. The number of aliphatic hydroxyl groups excluding tert-OH is 1. The van der Waals surface area contributed by atoms with Crippen LogP contribution in [0.2, 0.25) is 0 Å². The summed E-state index contributed by atoms with van der Waals surface area (Å²) in [6.07, 6.45) is -0.982. The standard InChI is InChI=1S/C14H13NO2/c16-13(11-7-3-1-4-8-11)15-14(17)12-9-5-2-6-10-12/h1-10,13,16H,(H,15,17). The molecule has 0 heterocycles. The fourth-order valence-corrected chi connectivity index (χ4v) is 1.52. The van der Waals surface area contributed by atoms with E-state index in [9.17, 15) is 9.90 Å². The molecule has 0 aromatic heterocycles. The monoisotopic (exact) mass is 227 g/mol. The number of rotatable bonds is 3. The third-order valence-corrected chi connectivity index (χ3v) is 2.42. The molecule has 0 saturated carbocycles. The summed E-state index contributed by atoms with van der Waals surface area (Å²) >= 11 is 0. The summed E-state index contributed by atoms with van der Waals surface area (Å²) in [5, 5.41) is 12.3. The number of nitrogens with one attached hydrogen (secondary N) is 1. The van der Waals surface area contributed by atoms with Crippen LogP contribution in [0.4, 0.5) is 0 Å². The van der Waals surface area contributed by atoms with Gasteiger partial charge in [0.2, 0.25) is 0 Å². The van der Waals surface area contributed by atoms with Gasteiger partial charge in [0.25, 0.3) is 5.91 Å². The summed E-state index contributed by atoms with van der Waals surface area (Å²) in [7, 11) is 0. The predicted molar refractivity (Wildman–Crippen MR) is 65.3 cm³/mol. The first-order chi connectivity index (χ1) is 8.27. The zero-order chi connectivity index (χ0) is 12.1. The van der Waals surface area contributed by atoms with Crippen LogP contribution in [-0.2, 0) is 0 Å². The normalized spacial score (nSPS) is 11.8. The van der Waals surface area contributed by atoms with Crippen LogP contribution in [0.5, 0.6) is 0 Å². The topological polar surface area (TPSA) is 49.3 Å². The molecule has 1 atom stereocenters. The first-order valence-electron chi connectivity index (χ1n) is 5.36. The molecule has 2 N–H and O–H groups in total. The number of hydrogen-bond acceptors (Lipinski definition) is 2. The van der Waals surface area contributed by atoms with Crippen molar-refractivity contribution in [3.63, 3.8) is 0 Å². The van der Waals surface area contributed by atoms with Gasteiger partial charge in [-0.2, -0.15) is 0 Å². The molecule has 1 amide bonds. The van der Waals surface area contributed by atoms with Crippen LogP contribution in [0.15, 0.2) is 60.7 Å². The zero-order valence-corrected chi connectivity index (χ0v) is 9.21. The van der Waals surface area contributed by atoms with Crippen molar-refractivity contribution in [3.05, 3.63) is 71.8 Å². The van der Waals surface area contributed by atoms with Gasteiger partial charge in [-0.15, -0.1) is 0 Å². The van der Waals surface area contributed by atoms with Gasteiger partial charge in [0.15, 0.2) is 6.23 Å². The second kappa shape index (κ2) is 5.27. The third-order valence-electron chi connectivity index (χ3n) is 2.42. The third kappa shape index (κ3) is 2.92. The van der Waals surface area contributed by atoms with Crippen LogP contribution in [0.1, 0.15) is 22.1 Å². The summed E-state index contributed by atoms with van der Waals surface area (Å²) in [6, 6.07) is 17.8. The number of carbonyl (C=O) groups excluding carboxylic acids is 1. The molecule has 0 aliphatic heterocycles. The summed E-state index contributed by atoms with van der Waals surface area (Å²) in [4.78, 5) is 11.8. The zero-order valence-electron chi connectivity index (χ0n) is 9.21. The van der Waals surface area contributed by atoms with E-state index in [2.05, 4.69) is 5.32 Å². The molecule has 0 radical (unpaired) electrons. The van der Waals surface area contributed by atoms with Crippen molar-refractivity contribution in [2.75, 3.05) is 0 Å².